The Morgan fingerprint density at radius 2 is 1.91 bits per heavy atom. The van der Waals surface area contributed by atoms with Crippen molar-refractivity contribution in [1.29, 1.82) is 5.26 Å². The maximum Gasteiger partial charge on any atom is 0.408 e. The SMILES string of the molecule is Cc1nc2ccc(-c3c[nH]c4nc(N5CCC(NC(=O)OC(C)(C)C)(c6ccccc6F)CC5)nc(C#N)c34)c(Cl)c2s1. The van der Waals surface area contributed by atoms with Gasteiger partial charge in [-0.05, 0) is 52.7 Å². The second-order valence-electron chi connectivity index (χ2n) is 11.6. The van der Waals surface area contributed by atoms with Crippen molar-refractivity contribution in [3.8, 4) is 17.2 Å². The fourth-order valence-electron chi connectivity index (χ4n) is 5.63. The number of nitrogens with one attached hydrogen (secondary N) is 2. The number of H-pyrrole nitrogens is 1. The first-order valence-corrected chi connectivity index (χ1v) is 15.0. The minimum absolute atomic E-state index is 0.214. The zero-order valence-electron chi connectivity index (χ0n) is 24.1. The predicted octanol–water partition coefficient (Wildman–Crippen LogP) is 7.23. The molecule has 2 aromatic carbocycles. The summed E-state index contributed by atoms with van der Waals surface area (Å²) in [6, 6.07) is 12.5. The molecule has 43 heavy (non-hydrogen) atoms. The second-order valence-corrected chi connectivity index (χ2v) is 13.2. The first-order valence-electron chi connectivity index (χ1n) is 13.8. The van der Waals surface area contributed by atoms with Crippen LogP contribution >= 0.6 is 22.9 Å². The number of aromatic nitrogens is 4. The van der Waals surface area contributed by atoms with Crippen LogP contribution < -0.4 is 10.2 Å². The maximum atomic E-state index is 15.1. The number of amides is 1. The van der Waals surface area contributed by atoms with Crippen molar-refractivity contribution >= 4 is 56.2 Å². The van der Waals surface area contributed by atoms with Crippen LogP contribution in [0.25, 0.3) is 32.4 Å². The first-order chi connectivity index (χ1) is 20.5. The normalized spacial score (nSPS) is 15.0. The molecule has 1 aliphatic rings. The highest BCUT2D eigenvalue weighted by atomic mass is 35.5. The summed E-state index contributed by atoms with van der Waals surface area (Å²) in [5.74, 6) is -0.0304. The molecule has 1 amide bonds. The molecule has 6 rings (SSSR count). The molecule has 1 fully saturated rings. The third kappa shape index (κ3) is 5.37. The molecule has 0 atom stereocenters. The highest BCUT2D eigenvalue weighted by Gasteiger charge is 2.41. The minimum Gasteiger partial charge on any atom is -0.444 e. The fourth-order valence-corrected chi connectivity index (χ4v) is 6.87. The third-order valence-electron chi connectivity index (χ3n) is 7.55. The Kier molecular flexibility index (Phi) is 7.22. The molecule has 4 heterocycles. The van der Waals surface area contributed by atoms with Gasteiger partial charge < -0.3 is 19.9 Å². The summed E-state index contributed by atoms with van der Waals surface area (Å²) in [7, 11) is 0. The molecule has 1 saturated heterocycles. The van der Waals surface area contributed by atoms with Gasteiger partial charge in [0, 0.05) is 36.0 Å². The number of aromatic amines is 1. The summed E-state index contributed by atoms with van der Waals surface area (Å²) in [6.45, 7) is 8.09. The van der Waals surface area contributed by atoms with Crippen molar-refractivity contribution < 1.29 is 13.9 Å². The van der Waals surface area contributed by atoms with Gasteiger partial charge in [0.2, 0.25) is 5.95 Å². The summed E-state index contributed by atoms with van der Waals surface area (Å²) in [6.07, 6.45) is 1.92. The van der Waals surface area contributed by atoms with E-state index in [1.165, 1.54) is 17.4 Å². The van der Waals surface area contributed by atoms with Crippen molar-refractivity contribution in [2.45, 2.75) is 51.7 Å². The van der Waals surface area contributed by atoms with Crippen LogP contribution in [-0.4, -0.2) is 44.7 Å². The average molecular weight is 618 g/mol. The third-order valence-corrected chi connectivity index (χ3v) is 9.06. The van der Waals surface area contributed by atoms with Crippen molar-refractivity contribution in [3.63, 3.8) is 0 Å². The standard InChI is InChI=1S/C31H29ClFN7O2S/c1-17-36-22-10-9-18(25(32)26(22)43-17)19-16-35-27-24(19)23(15-34)37-28(38-27)40-13-11-31(12-14-40,20-7-5-6-8-21(20)33)39-29(41)42-30(2,3)4/h5-10,16H,11-14H2,1-4H3,(H,39,41)(H,35,37,38). The molecule has 220 valence electrons. The van der Waals surface area contributed by atoms with E-state index in [2.05, 4.69) is 26.3 Å². The molecular formula is C31H29ClFN7O2S. The molecule has 1 aliphatic heterocycles. The smallest absolute Gasteiger partial charge is 0.408 e. The van der Waals surface area contributed by atoms with Gasteiger partial charge in [0.05, 0.1) is 31.2 Å². The van der Waals surface area contributed by atoms with Crippen molar-refractivity contribution in [3.05, 3.63) is 69.7 Å². The summed E-state index contributed by atoms with van der Waals surface area (Å²) in [5, 5.41) is 15.2. The lowest BCUT2D eigenvalue weighted by Gasteiger charge is -2.43. The number of aryl methyl sites for hydroxylation is 1. The summed E-state index contributed by atoms with van der Waals surface area (Å²) in [4.78, 5) is 31.9. The number of rotatable bonds is 4. The Labute approximate surface area is 256 Å². The number of hydrogen-bond donors (Lipinski definition) is 2. The molecule has 0 unspecified atom stereocenters. The number of nitriles is 1. The quantitative estimate of drug-likeness (QED) is 0.218. The number of nitrogens with zero attached hydrogens (tertiary/aromatic N) is 5. The van der Waals surface area contributed by atoms with E-state index in [0.29, 0.717) is 53.5 Å². The molecule has 5 aromatic rings. The van der Waals surface area contributed by atoms with Crippen LogP contribution in [-0.2, 0) is 10.3 Å². The highest BCUT2D eigenvalue weighted by molar-refractivity contribution is 7.19. The molecule has 0 aliphatic carbocycles. The minimum atomic E-state index is -0.990. The lowest BCUT2D eigenvalue weighted by Crippen LogP contribution is -2.54. The number of anilines is 1. The number of carbonyl (C=O) groups is 1. The lowest BCUT2D eigenvalue weighted by atomic mass is 9.80. The van der Waals surface area contributed by atoms with Gasteiger partial charge in [-0.25, -0.2) is 19.2 Å². The van der Waals surface area contributed by atoms with E-state index in [1.807, 2.05) is 24.0 Å². The zero-order valence-corrected chi connectivity index (χ0v) is 25.7. The van der Waals surface area contributed by atoms with Crippen molar-refractivity contribution in [2.24, 2.45) is 0 Å². The van der Waals surface area contributed by atoms with Crippen LogP contribution in [0.4, 0.5) is 15.1 Å². The molecule has 12 heteroatoms. The van der Waals surface area contributed by atoms with E-state index in [0.717, 1.165) is 26.4 Å². The largest absolute Gasteiger partial charge is 0.444 e. The fraction of sp³-hybridized carbons (Fsp3) is 0.323. The Hall–Kier alpha value is -4.27. The van der Waals surface area contributed by atoms with Gasteiger partial charge >= 0.3 is 6.09 Å². The van der Waals surface area contributed by atoms with Crippen LogP contribution in [0.15, 0.2) is 42.6 Å². The second kappa shape index (κ2) is 10.8. The van der Waals surface area contributed by atoms with Gasteiger partial charge in [-0.1, -0.05) is 35.9 Å². The molecular weight excluding hydrogens is 589 g/mol. The van der Waals surface area contributed by atoms with E-state index in [1.54, 1.807) is 45.2 Å². The zero-order chi connectivity index (χ0) is 30.5. The van der Waals surface area contributed by atoms with E-state index >= 15 is 4.39 Å². The van der Waals surface area contributed by atoms with E-state index in [4.69, 9.17) is 21.3 Å². The number of thiazole rings is 1. The van der Waals surface area contributed by atoms with Gasteiger partial charge in [0.15, 0.2) is 5.69 Å². The molecule has 0 radical (unpaired) electrons. The molecule has 3 aromatic heterocycles. The van der Waals surface area contributed by atoms with Gasteiger partial charge in [0.25, 0.3) is 0 Å². The number of piperidine rings is 1. The predicted molar refractivity (Wildman–Crippen MR) is 166 cm³/mol. The van der Waals surface area contributed by atoms with Crippen LogP contribution in [0.5, 0.6) is 0 Å². The number of benzene rings is 2. The number of fused-ring (bicyclic) bond motifs is 2. The molecule has 9 nitrogen and oxygen atoms in total. The number of carbonyl (C=O) groups excluding carboxylic acids is 1. The van der Waals surface area contributed by atoms with Gasteiger partial charge in [-0.2, -0.15) is 10.2 Å². The van der Waals surface area contributed by atoms with Gasteiger partial charge in [-0.15, -0.1) is 11.3 Å². The van der Waals surface area contributed by atoms with E-state index in [9.17, 15) is 10.1 Å². The molecule has 2 N–H and O–H groups in total. The molecule has 0 saturated carbocycles. The Morgan fingerprint density at radius 1 is 1.16 bits per heavy atom. The number of alkyl carbamates (subject to hydrolysis) is 1. The van der Waals surface area contributed by atoms with Crippen LogP contribution in [0.2, 0.25) is 5.02 Å². The number of ether oxygens (including phenoxy) is 1. The number of hydrogen-bond acceptors (Lipinski definition) is 8. The van der Waals surface area contributed by atoms with Crippen molar-refractivity contribution in [1.82, 2.24) is 25.3 Å². The van der Waals surface area contributed by atoms with Crippen LogP contribution in [0, 0.1) is 24.1 Å². The summed E-state index contributed by atoms with van der Waals surface area (Å²) in [5.41, 5.74) is 1.74. The average Bonchev–Trinajstić information content (AvgIpc) is 3.56. The highest BCUT2D eigenvalue weighted by Crippen LogP contribution is 2.41. The maximum absolute atomic E-state index is 15.1. The summed E-state index contributed by atoms with van der Waals surface area (Å²) < 4.78 is 21.5. The van der Waals surface area contributed by atoms with Gasteiger partial charge in [0.1, 0.15) is 23.1 Å². The number of halogens is 2. The van der Waals surface area contributed by atoms with Crippen LogP contribution in [0.3, 0.4) is 0 Å². The van der Waals surface area contributed by atoms with E-state index < -0.39 is 23.1 Å². The molecule has 0 spiro atoms. The Bertz CT molecular complexity index is 1920. The van der Waals surface area contributed by atoms with Gasteiger partial charge in [-0.3, -0.25) is 0 Å². The monoisotopic (exact) mass is 617 g/mol. The van der Waals surface area contributed by atoms with Crippen LogP contribution in [0.1, 0.15) is 49.9 Å². The topological polar surface area (TPSA) is 120 Å². The van der Waals surface area contributed by atoms with E-state index in [-0.39, 0.29) is 5.69 Å². The van der Waals surface area contributed by atoms with Crippen molar-refractivity contribution in [2.75, 3.05) is 18.0 Å². The lowest BCUT2D eigenvalue weighted by molar-refractivity contribution is 0.0428. The molecule has 0 bridgehead atoms. The first kappa shape index (κ1) is 28.8. The summed E-state index contributed by atoms with van der Waals surface area (Å²) >= 11 is 8.33. The Morgan fingerprint density at radius 3 is 2.60 bits per heavy atom. The Balaban J connectivity index is 1.32.